The maximum atomic E-state index is 12.6. The van der Waals surface area contributed by atoms with Gasteiger partial charge in [-0.2, -0.15) is 5.10 Å². The molecule has 2 amide bonds. The van der Waals surface area contributed by atoms with Crippen molar-refractivity contribution in [3.8, 4) is 11.5 Å². The molecule has 8 heteroatoms. The van der Waals surface area contributed by atoms with Gasteiger partial charge in [-0.05, 0) is 84.6 Å². The van der Waals surface area contributed by atoms with Gasteiger partial charge in [-0.1, -0.05) is 6.07 Å². The number of rotatable bonds is 8. The third-order valence-electron chi connectivity index (χ3n) is 5.31. The summed E-state index contributed by atoms with van der Waals surface area (Å²) >= 11 is 3.49. The van der Waals surface area contributed by atoms with Crippen LogP contribution in [0.3, 0.4) is 0 Å². The number of halogens is 1. The summed E-state index contributed by atoms with van der Waals surface area (Å²) in [6, 6.07) is 9.52. The van der Waals surface area contributed by atoms with Gasteiger partial charge in [0.1, 0.15) is 0 Å². The first kappa shape index (κ1) is 23.8. The van der Waals surface area contributed by atoms with Crippen LogP contribution in [0.4, 0.5) is 5.69 Å². The summed E-state index contributed by atoms with van der Waals surface area (Å²) in [5.74, 6) is 0.436. The SMILES string of the molecule is CCOc1cc(/C=N\NC(=O)[C@H]2CC(=O)N(c3ccc(C)c(C)c3)C2)cc(Br)c1OCC. The van der Waals surface area contributed by atoms with E-state index in [0.717, 1.165) is 26.9 Å². The average molecular weight is 502 g/mol. The number of hydrazone groups is 1. The largest absolute Gasteiger partial charge is 0.490 e. The van der Waals surface area contributed by atoms with Gasteiger partial charge in [-0.15, -0.1) is 0 Å². The maximum absolute atomic E-state index is 12.6. The number of hydrogen-bond donors (Lipinski definition) is 1. The lowest BCUT2D eigenvalue weighted by Gasteiger charge is -2.17. The molecular weight excluding hydrogens is 474 g/mol. The monoisotopic (exact) mass is 501 g/mol. The first-order valence-electron chi connectivity index (χ1n) is 10.6. The minimum atomic E-state index is -0.452. The van der Waals surface area contributed by atoms with Crippen LogP contribution < -0.4 is 19.8 Å². The van der Waals surface area contributed by atoms with Gasteiger partial charge in [-0.25, -0.2) is 5.43 Å². The summed E-state index contributed by atoms with van der Waals surface area (Å²) in [7, 11) is 0. The Kier molecular flexibility index (Phi) is 7.90. The minimum Gasteiger partial charge on any atom is -0.490 e. The molecule has 7 nitrogen and oxygen atoms in total. The fourth-order valence-electron chi connectivity index (χ4n) is 3.50. The number of aryl methyl sites for hydroxylation is 2. The van der Waals surface area contributed by atoms with E-state index in [1.807, 2.05) is 52.0 Å². The molecule has 2 aromatic carbocycles. The molecule has 1 aliphatic heterocycles. The van der Waals surface area contributed by atoms with E-state index < -0.39 is 5.92 Å². The molecule has 1 atom stereocenters. The number of nitrogens with zero attached hydrogens (tertiary/aromatic N) is 2. The Bertz CT molecular complexity index is 1040. The standard InChI is InChI=1S/C24H28BrN3O4/c1-5-31-21-11-17(10-20(25)23(21)32-6-2)13-26-27-24(30)18-12-22(29)28(14-18)19-8-7-15(3)16(4)9-19/h7-11,13,18H,5-6,12,14H2,1-4H3,(H,27,30)/b26-13-/t18-/m0/s1. The fraction of sp³-hybridized carbons (Fsp3) is 0.375. The van der Waals surface area contributed by atoms with Crippen molar-refractivity contribution in [2.75, 3.05) is 24.7 Å². The zero-order valence-corrected chi connectivity index (χ0v) is 20.4. The summed E-state index contributed by atoms with van der Waals surface area (Å²) in [5.41, 5.74) is 6.40. The van der Waals surface area contributed by atoms with Crippen LogP contribution in [0.5, 0.6) is 11.5 Å². The van der Waals surface area contributed by atoms with Crippen LogP contribution in [0.1, 0.15) is 37.0 Å². The van der Waals surface area contributed by atoms with E-state index in [9.17, 15) is 9.59 Å². The van der Waals surface area contributed by atoms with Crippen molar-refractivity contribution in [2.24, 2.45) is 11.0 Å². The molecule has 1 aliphatic rings. The van der Waals surface area contributed by atoms with Crippen LogP contribution >= 0.6 is 15.9 Å². The second-order valence-corrected chi connectivity index (χ2v) is 8.46. The third-order valence-corrected chi connectivity index (χ3v) is 5.90. The second kappa shape index (κ2) is 10.6. The summed E-state index contributed by atoms with van der Waals surface area (Å²) in [5, 5.41) is 4.08. The summed E-state index contributed by atoms with van der Waals surface area (Å²) in [6.45, 7) is 9.19. The van der Waals surface area contributed by atoms with E-state index in [0.29, 0.717) is 31.3 Å². The Morgan fingerprint density at radius 3 is 2.62 bits per heavy atom. The molecule has 1 saturated heterocycles. The van der Waals surface area contributed by atoms with E-state index >= 15 is 0 Å². The molecule has 0 radical (unpaired) electrons. The molecule has 0 unspecified atom stereocenters. The van der Waals surface area contributed by atoms with E-state index in [2.05, 4.69) is 26.5 Å². The number of nitrogens with one attached hydrogen (secondary N) is 1. The van der Waals surface area contributed by atoms with E-state index in [4.69, 9.17) is 9.47 Å². The van der Waals surface area contributed by atoms with Gasteiger partial charge >= 0.3 is 0 Å². The van der Waals surface area contributed by atoms with E-state index in [1.54, 1.807) is 17.2 Å². The Labute approximate surface area is 196 Å². The normalized spacial score (nSPS) is 16.0. The summed E-state index contributed by atoms with van der Waals surface area (Å²) in [6.07, 6.45) is 1.70. The van der Waals surface area contributed by atoms with Crippen LogP contribution in [-0.2, 0) is 9.59 Å². The number of carbonyl (C=O) groups is 2. The van der Waals surface area contributed by atoms with Gasteiger partial charge < -0.3 is 14.4 Å². The highest BCUT2D eigenvalue weighted by Gasteiger charge is 2.35. The van der Waals surface area contributed by atoms with E-state index in [-0.39, 0.29) is 18.2 Å². The molecule has 0 bridgehead atoms. The molecule has 32 heavy (non-hydrogen) atoms. The van der Waals surface area contributed by atoms with Gasteiger partial charge in [0.05, 0.1) is 29.8 Å². The van der Waals surface area contributed by atoms with Crippen molar-refractivity contribution in [1.29, 1.82) is 0 Å². The topological polar surface area (TPSA) is 80.2 Å². The van der Waals surface area contributed by atoms with Crippen molar-refractivity contribution in [3.63, 3.8) is 0 Å². The van der Waals surface area contributed by atoms with Crippen LogP contribution in [0.15, 0.2) is 39.9 Å². The molecule has 1 N–H and O–H groups in total. The Hall–Kier alpha value is -2.87. The molecule has 0 saturated carbocycles. The predicted octanol–water partition coefficient (Wildman–Crippen LogP) is 4.37. The summed E-state index contributed by atoms with van der Waals surface area (Å²) < 4.78 is 12.0. The van der Waals surface area contributed by atoms with Crippen molar-refractivity contribution in [3.05, 3.63) is 51.5 Å². The zero-order chi connectivity index (χ0) is 23.3. The molecule has 0 aliphatic carbocycles. The number of ether oxygens (including phenoxy) is 2. The fourth-order valence-corrected chi connectivity index (χ4v) is 4.07. The molecule has 0 spiro atoms. The predicted molar refractivity (Wildman–Crippen MR) is 129 cm³/mol. The van der Waals surface area contributed by atoms with Gasteiger partial charge in [0.2, 0.25) is 11.8 Å². The average Bonchev–Trinajstić information content (AvgIpc) is 3.14. The first-order valence-corrected chi connectivity index (χ1v) is 11.4. The van der Waals surface area contributed by atoms with Crippen molar-refractivity contribution < 1.29 is 19.1 Å². The van der Waals surface area contributed by atoms with Crippen LogP contribution in [0, 0.1) is 19.8 Å². The molecule has 1 fully saturated rings. The number of carbonyl (C=O) groups excluding carboxylic acids is 2. The smallest absolute Gasteiger partial charge is 0.245 e. The number of amides is 2. The van der Waals surface area contributed by atoms with Crippen LogP contribution in [0.2, 0.25) is 0 Å². The van der Waals surface area contributed by atoms with Crippen LogP contribution in [-0.4, -0.2) is 37.8 Å². The Morgan fingerprint density at radius 2 is 1.94 bits per heavy atom. The van der Waals surface area contributed by atoms with Gasteiger partial charge in [0.15, 0.2) is 11.5 Å². The highest BCUT2D eigenvalue weighted by atomic mass is 79.9. The highest BCUT2D eigenvalue weighted by Crippen LogP contribution is 2.36. The highest BCUT2D eigenvalue weighted by molar-refractivity contribution is 9.10. The Morgan fingerprint density at radius 1 is 1.19 bits per heavy atom. The van der Waals surface area contributed by atoms with E-state index in [1.165, 1.54) is 0 Å². The Balaban J connectivity index is 1.65. The lowest BCUT2D eigenvalue weighted by molar-refractivity contribution is -0.126. The number of anilines is 1. The molecule has 3 rings (SSSR count). The molecule has 170 valence electrons. The lowest BCUT2D eigenvalue weighted by Crippen LogP contribution is -2.30. The first-order chi connectivity index (χ1) is 15.3. The van der Waals surface area contributed by atoms with Crippen molar-refractivity contribution in [1.82, 2.24) is 5.43 Å². The van der Waals surface area contributed by atoms with Gasteiger partial charge in [-0.3, -0.25) is 9.59 Å². The van der Waals surface area contributed by atoms with Crippen molar-refractivity contribution >= 4 is 39.6 Å². The van der Waals surface area contributed by atoms with Crippen LogP contribution in [0.25, 0.3) is 0 Å². The molecule has 1 heterocycles. The minimum absolute atomic E-state index is 0.0609. The lowest BCUT2D eigenvalue weighted by atomic mass is 10.1. The third kappa shape index (κ3) is 5.48. The summed E-state index contributed by atoms with van der Waals surface area (Å²) in [4.78, 5) is 26.7. The number of benzene rings is 2. The number of hydrogen-bond acceptors (Lipinski definition) is 5. The zero-order valence-electron chi connectivity index (χ0n) is 18.8. The van der Waals surface area contributed by atoms with Crippen molar-refractivity contribution in [2.45, 2.75) is 34.1 Å². The maximum Gasteiger partial charge on any atom is 0.245 e. The van der Waals surface area contributed by atoms with Gasteiger partial charge in [0.25, 0.3) is 0 Å². The molecular formula is C24H28BrN3O4. The second-order valence-electron chi connectivity index (χ2n) is 7.60. The molecule has 0 aromatic heterocycles. The van der Waals surface area contributed by atoms with Gasteiger partial charge in [0, 0.05) is 18.7 Å². The quantitative estimate of drug-likeness (QED) is 0.430. The molecule has 2 aromatic rings.